The number of rotatable bonds is 3. The molecule has 21 heavy (non-hydrogen) atoms. The minimum absolute atomic E-state index is 0.304. The lowest BCUT2D eigenvalue weighted by Gasteiger charge is -2.19. The highest BCUT2D eigenvalue weighted by Crippen LogP contribution is 2.30. The van der Waals surface area contributed by atoms with E-state index in [0.29, 0.717) is 5.56 Å². The SMILES string of the molecule is NNC(c1cc(Br)ccc1F)c1ccnc2ccccc12. The van der Waals surface area contributed by atoms with Crippen LogP contribution in [0.2, 0.25) is 0 Å². The van der Waals surface area contributed by atoms with Crippen LogP contribution in [-0.4, -0.2) is 4.98 Å². The van der Waals surface area contributed by atoms with Crippen LogP contribution in [0.1, 0.15) is 17.2 Å². The normalized spacial score (nSPS) is 12.5. The smallest absolute Gasteiger partial charge is 0.128 e. The van der Waals surface area contributed by atoms with Crippen molar-refractivity contribution < 1.29 is 4.39 Å². The van der Waals surface area contributed by atoms with E-state index in [9.17, 15) is 4.39 Å². The summed E-state index contributed by atoms with van der Waals surface area (Å²) in [6.07, 6.45) is 1.71. The molecule has 0 radical (unpaired) electrons. The number of para-hydroxylation sites is 1. The Morgan fingerprint density at radius 3 is 2.71 bits per heavy atom. The van der Waals surface area contributed by atoms with Gasteiger partial charge in [0.25, 0.3) is 0 Å². The minimum atomic E-state index is -0.449. The van der Waals surface area contributed by atoms with Crippen LogP contribution in [0.25, 0.3) is 10.9 Å². The van der Waals surface area contributed by atoms with E-state index >= 15 is 0 Å². The molecule has 1 atom stereocenters. The molecule has 5 heteroatoms. The van der Waals surface area contributed by atoms with Gasteiger partial charge in [0.2, 0.25) is 0 Å². The fraction of sp³-hybridized carbons (Fsp3) is 0.0625. The molecular weight excluding hydrogens is 333 g/mol. The quantitative estimate of drug-likeness (QED) is 0.562. The first-order chi connectivity index (χ1) is 10.2. The van der Waals surface area contributed by atoms with Crippen LogP contribution >= 0.6 is 15.9 Å². The van der Waals surface area contributed by atoms with Gasteiger partial charge < -0.3 is 0 Å². The summed E-state index contributed by atoms with van der Waals surface area (Å²) in [7, 11) is 0. The summed E-state index contributed by atoms with van der Waals surface area (Å²) in [6.45, 7) is 0. The van der Waals surface area contributed by atoms with Gasteiger partial charge in [-0.15, -0.1) is 0 Å². The van der Waals surface area contributed by atoms with Crippen LogP contribution in [0.3, 0.4) is 0 Å². The van der Waals surface area contributed by atoms with Gasteiger partial charge in [0.1, 0.15) is 5.82 Å². The maximum atomic E-state index is 14.2. The van der Waals surface area contributed by atoms with E-state index in [1.54, 1.807) is 18.3 Å². The Bertz CT molecular complexity index is 786. The van der Waals surface area contributed by atoms with Crippen molar-refractivity contribution in [3.63, 3.8) is 0 Å². The van der Waals surface area contributed by atoms with Crippen molar-refractivity contribution in [3.8, 4) is 0 Å². The van der Waals surface area contributed by atoms with Gasteiger partial charge in [-0.3, -0.25) is 10.8 Å². The Morgan fingerprint density at radius 1 is 1.10 bits per heavy atom. The molecule has 1 aromatic heterocycles. The lowest BCUT2D eigenvalue weighted by Crippen LogP contribution is -2.29. The molecule has 0 aliphatic carbocycles. The van der Waals surface area contributed by atoms with Crippen LogP contribution in [-0.2, 0) is 0 Å². The van der Waals surface area contributed by atoms with Crippen LogP contribution in [0, 0.1) is 5.82 Å². The molecule has 0 bridgehead atoms. The van der Waals surface area contributed by atoms with Crippen molar-refractivity contribution in [3.05, 3.63) is 76.1 Å². The lowest BCUT2D eigenvalue weighted by molar-refractivity contribution is 0.561. The molecule has 1 heterocycles. The zero-order chi connectivity index (χ0) is 14.8. The summed E-state index contributed by atoms with van der Waals surface area (Å²) in [5.74, 6) is 5.39. The molecule has 3 N–H and O–H groups in total. The number of benzene rings is 2. The zero-order valence-corrected chi connectivity index (χ0v) is 12.6. The monoisotopic (exact) mass is 345 g/mol. The second kappa shape index (κ2) is 5.89. The first-order valence-electron chi connectivity index (χ1n) is 6.45. The van der Waals surface area contributed by atoms with E-state index in [1.807, 2.05) is 30.3 Å². The second-order valence-electron chi connectivity index (χ2n) is 4.68. The average Bonchev–Trinajstić information content (AvgIpc) is 2.51. The van der Waals surface area contributed by atoms with E-state index in [1.165, 1.54) is 6.07 Å². The van der Waals surface area contributed by atoms with Gasteiger partial charge in [-0.25, -0.2) is 9.82 Å². The summed E-state index contributed by atoms with van der Waals surface area (Å²) in [6, 6.07) is 14.0. The molecule has 0 aliphatic rings. The van der Waals surface area contributed by atoms with Crippen LogP contribution in [0.4, 0.5) is 4.39 Å². The number of fused-ring (bicyclic) bond motifs is 1. The highest BCUT2D eigenvalue weighted by atomic mass is 79.9. The number of hydrogen-bond acceptors (Lipinski definition) is 3. The molecule has 0 spiro atoms. The Hall–Kier alpha value is -1.82. The Kier molecular flexibility index (Phi) is 3.96. The number of aromatic nitrogens is 1. The predicted octanol–water partition coefficient (Wildman–Crippen LogP) is 3.69. The third kappa shape index (κ3) is 2.68. The molecule has 0 fully saturated rings. The second-order valence-corrected chi connectivity index (χ2v) is 5.60. The van der Waals surface area contributed by atoms with Gasteiger partial charge in [-0.2, -0.15) is 0 Å². The van der Waals surface area contributed by atoms with Crippen molar-refractivity contribution in [1.29, 1.82) is 0 Å². The first-order valence-corrected chi connectivity index (χ1v) is 7.24. The number of pyridine rings is 1. The number of nitrogens with zero attached hydrogens (tertiary/aromatic N) is 1. The summed E-state index contributed by atoms with van der Waals surface area (Å²) >= 11 is 3.37. The molecule has 0 saturated carbocycles. The molecule has 3 aromatic rings. The lowest BCUT2D eigenvalue weighted by atomic mass is 9.96. The van der Waals surface area contributed by atoms with Gasteiger partial charge >= 0.3 is 0 Å². The van der Waals surface area contributed by atoms with E-state index < -0.39 is 6.04 Å². The Morgan fingerprint density at radius 2 is 1.90 bits per heavy atom. The molecular formula is C16H13BrFN3. The van der Waals surface area contributed by atoms with Gasteiger partial charge in [0.05, 0.1) is 11.6 Å². The number of hydrogen-bond donors (Lipinski definition) is 2. The number of halogens is 2. The van der Waals surface area contributed by atoms with E-state index in [4.69, 9.17) is 5.84 Å². The van der Waals surface area contributed by atoms with E-state index in [0.717, 1.165) is 20.9 Å². The van der Waals surface area contributed by atoms with Gasteiger partial charge in [0, 0.05) is 21.6 Å². The van der Waals surface area contributed by atoms with Gasteiger partial charge in [0.15, 0.2) is 0 Å². The average molecular weight is 346 g/mol. The molecule has 0 amide bonds. The minimum Gasteiger partial charge on any atom is -0.271 e. The van der Waals surface area contributed by atoms with Crippen LogP contribution < -0.4 is 11.3 Å². The van der Waals surface area contributed by atoms with Crippen molar-refractivity contribution in [2.24, 2.45) is 5.84 Å². The van der Waals surface area contributed by atoms with Gasteiger partial charge in [-0.1, -0.05) is 34.1 Å². The van der Waals surface area contributed by atoms with E-state index in [-0.39, 0.29) is 5.82 Å². The Labute approximate surface area is 130 Å². The van der Waals surface area contributed by atoms with Crippen molar-refractivity contribution in [2.75, 3.05) is 0 Å². The Balaban J connectivity index is 2.21. The maximum absolute atomic E-state index is 14.2. The highest BCUT2D eigenvalue weighted by molar-refractivity contribution is 9.10. The molecule has 1 unspecified atom stereocenters. The summed E-state index contributed by atoms with van der Waals surface area (Å²) in [4.78, 5) is 4.32. The van der Waals surface area contributed by atoms with Crippen molar-refractivity contribution in [2.45, 2.75) is 6.04 Å². The molecule has 2 aromatic carbocycles. The van der Waals surface area contributed by atoms with E-state index in [2.05, 4.69) is 26.3 Å². The van der Waals surface area contributed by atoms with Gasteiger partial charge in [-0.05, 0) is 35.9 Å². The number of nitrogens with two attached hydrogens (primary N) is 1. The third-order valence-corrected chi connectivity index (χ3v) is 3.92. The first kappa shape index (κ1) is 14.1. The molecule has 3 nitrogen and oxygen atoms in total. The van der Waals surface area contributed by atoms with Crippen LogP contribution in [0.15, 0.2) is 59.2 Å². The largest absolute Gasteiger partial charge is 0.271 e. The number of nitrogens with one attached hydrogen (secondary N) is 1. The fourth-order valence-electron chi connectivity index (χ4n) is 2.45. The molecule has 3 rings (SSSR count). The molecule has 106 valence electrons. The van der Waals surface area contributed by atoms with Crippen molar-refractivity contribution in [1.82, 2.24) is 10.4 Å². The topological polar surface area (TPSA) is 50.9 Å². The predicted molar refractivity (Wildman–Crippen MR) is 85.0 cm³/mol. The molecule has 0 saturated heterocycles. The fourth-order valence-corrected chi connectivity index (χ4v) is 2.83. The summed E-state index contributed by atoms with van der Waals surface area (Å²) in [5, 5.41) is 0.947. The maximum Gasteiger partial charge on any atom is 0.128 e. The highest BCUT2D eigenvalue weighted by Gasteiger charge is 2.19. The summed E-state index contributed by atoms with van der Waals surface area (Å²) < 4.78 is 15.0. The number of hydrazine groups is 1. The van der Waals surface area contributed by atoms with Crippen molar-refractivity contribution >= 4 is 26.8 Å². The zero-order valence-electron chi connectivity index (χ0n) is 11.1. The molecule has 0 aliphatic heterocycles. The standard InChI is InChI=1S/C16H13BrFN3/c17-10-5-6-14(18)13(9-10)16(21-19)12-7-8-20-15-4-2-1-3-11(12)15/h1-9,16,21H,19H2. The van der Waals surface area contributed by atoms with Crippen LogP contribution in [0.5, 0.6) is 0 Å². The third-order valence-electron chi connectivity index (χ3n) is 3.43. The summed E-state index contributed by atoms with van der Waals surface area (Å²) in [5.41, 5.74) is 4.94.